The molecule has 0 bridgehead atoms. The summed E-state index contributed by atoms with van der Waals surface area (Å²) in [5, 5.41) is 0.708. The van der Waals surface area contributed by atoms with Crippen LogP contribution in [0.3, 0.4) is 0 Å². The van der Waals surface area contributed by atoms with Gasteiger partial charge in [0.1, 0.15) is 5.75 Å². The van der Waals surface area contributed by atoms with Gasteiger partial charge in [0.05, 0.1) is 7.11 Å². The fourth-order valence-corrected chi connectivity index (χ4v) is 4.42. The molecule has 8 heteroatoms. The van der Waals surface area contributed by atoms with Crippen LogP contribution in [0.4, 0.5) is 0 Å². The average Bonchev–Trinajstić information content (AvgIpc) is 2.83. The van der Waals surface area contributed by atoms with Gasteiger partial charge in [-0.2, -0.15) is 0 Å². The van der Waals surface area contributed by atoms with Crippen LogP contribution in [0.2, 0.25) is 5.02 Å². The first-order valence-electron chi connectivity index (χ1n) is 11.6. The fraction of sp³-hybridized carbons (Fsp3) is 0.462. The minimum atomic E-state index is -0.564. The standard InChI is InChI=1S/C26H33ClN2O5/c1-17-11-21(12-18(2)26(17)27)33-16-25(31)29(20-7-5-4-6-8-20)14-19-9-10-22(23(13-19)32-3)34-15-24(28)30/h9-13,20H,4-8,14-16H2,1-3H3,(H2,28,30). The second-order valence-corrected chi connectivity index (χ2v) is 9.09. The van der Waals surface area contributed by atoms with Crippen molar-refractivity contribution in [1.82, 2.24) is 4.90 Å². The highest BCUT2D eigenvalue weighted by atomic mass is 35.5. The van der Waals surface area contributed by atoms with Crippen molar-refractivity contribution in [2.75, 3.05) is 20.3 Å². The molecule has 1 aliphatic rings. The van der Waals surface area contributed by atoms with Gasteiger partial charge in [-0.3, -0.25) is 9.59 Å². The summed E-state index contributed by atoms with van der Waals surface area (Å²) in [6.45, 7) is 3.99. The van der Waals surface area contributed by atoms with Crippen molar-refractivity contribution < 1.29 is 23.8 Å². The Bertz CT molecular complexity index is 997. The van der Waals surface area contributed by atoms with Crippen molar-refractivity contribution in [1.29, 1.82) is 0 Å². The van der Waals surface area contributed by atoms with E-state index in [0.29, 0.717) is 28.8 Å². The van der Waals surface area contributed by atoms with Crippen LogP contribution in [-0.4, -0.2) is 43.1 Å². The molecule has 184 valence electrons. The van der Waals surface area contributed by atoms with Crippen LogP contribution in [0.1, 0.15) is 48.8 Å². The number of nitrogens with zero attached hydrogens (tertiary/aromatic N) is 1. The van der Waals surface area contributed by atoms with E-state index in [9.17, 15) is 9.59 Å². The first-order chi connectivity index (χ1) is 16.3. The predicted molar refractivity (Wildman–Crippen MR) is 132 cm³/mol. The largest absolute Gasteiger partial charge is 0.493 e. The number of hydrogen-bond acceptors (Lipinski definition) is 5. The molecule has 0 spiro atoms. The molecule has 0 radical (unpaired) electrons. The number of methoxy groups -OCH3 is 1. The van der Waals surface area contributed by atoms with Crippen LogP contribution >= 0.6 is 11.6 Å². The normalized spacial score (nSPS) is 13.9. The van der Waals surface area contributed by atoms with Crippen molar-refractivity contribution in [3.8, 4) is 17.2 Å². The van der Waals surface area contributed by atoms with Crippen LogP contribution < -0.4 is 19.9 Å². The zero-order valence-electron chi connectivity index (χ0n) is 20.1. The van der Waals surface area contributed by atoms with Crippen molar-refractivity contribution in [3.63, 3.8) is 0 Å². The van der Waals surface area contributed by atoms with Gasteiger partial charge < -0.3 is 24.8 Å². The molecule has 0 aromatic heterocycles. The number of ether oxygens (including phenoxy) is 3. The lowest BCUT2D eigenvalue weighted by atomic mass is 9.93. The molecule has 7 nitrogen and oxygen atoms in total. The van der Waals surface area contributed by atoms with Crippen molar-refractivity contribution >= 4 is 23.4 Å². The first kappa shape index (κ1) is 25.7. The quantitative estimate of drug-likeness (QED) is 0.529. The van der Waals surface area contributed by atoms with E-state index in [4.69, 9.17) is 31.5 Å². The molecule has 2 amide bonds. The van der Waals surface area contributed by atoms with Gasteiger partial charge in [-0.15, -0.1) is 0 Å². The number of benzene rings is 2. The molecule has 34 heavy (non-hydrogen) atoms. The van der Waals surface area contributed by atoms with Gasteiger partial charge in [0.15, 0.2) is 24.7 Å². The summed E-state index contributed by atoms with van der Waals surface area (Å²) in [6, 6.07) is 9.29. The number of nitrogens with two attached hydrogens (primary N) is 1. The van der Waals surface area contributed by atoms with E-state index in [2.05, 4.69) is 0 Å². The number of amides is 2. The van der Waals surface area contributed by atoms with E-state index in [1.54, 1.807) is 6.07 Å². The number of hydrogen-bond donors (Lipinski definition) is 1. The Hall–Kier alpha value is -2.93. The monoisotopic (exact) mass is 488 g/mol. The molecule has 2 aromatic rings. The first-order valence-corrected chi connectivity index (χ1v) is 11.9. The zero-order valence-corrected chi connectivity index (χ0v) is 20.8. The molecular weight excluding hydrogens is 456 g/mol. The molecule has 0 atom stereocenters. The van der Waals surface area contributed by atoms with Gasteiger partial charge in [0, 0.05) is 17.6 Å². The van der Waals surface area contributed by atoms with E-state index < -0.39 is 5.91 Å². The van der Waals surface area contributed by atoms with Crippen LogP contribution in [0.15, 0.2) is 30.3 Å². The Balaban J connectivity index is 1.75. The summed E-state index contributed by atoms with van der Waals surface area (Å²) in [7, 11) is 1.53. The van der Waals surface area contributed by atoms with Crippen molar-refractivity contribution in [2.24, 2.45) is 5.73 Å². The van der Waals surface area contributed by atoms with Gasteiger partial charge in [-0.1, -0.05) is 36.9 Å². The number of primary amides is 1. The number of carbonyl (C=O) groups excluding carboxylic acids is 2. The molecule has 0 aliphatic heterocycles. The van der Waals surface area contributed by atoms with E-state index in [0.717, 1.165) is 42.4 Å². The van der Waals surface area contributed by atoms with E-state index >= 15 is 0 Å². The Morgan fingerprint density at radius 3 is 2.29 bits per heavy atom. The third-order valence-corrected chi connectivity index (χ3v) is 6.66. The van der Waals surface area contributed by atoms with Crippen molar-refractivity contribution in [2.45, 2.75) is 58.5 Å². The summed E-state index contributed by atoms with van der Waals surface area (Å²) in [4.78, 5) is 26.3. The van der Waals surface area contributed by atoms with E-state index in [1.165, 1.54) is 13.5 Å². The van der Waals surface area contributed by atoms with Gasteiger partial charge in [-0.25, -0.2) is 0 Å². The molecule has 2 N–H and O–H groups in total. The van der Waals surface area contributed by atoms with Gasteiger partial charge in [-0.05, 0) is 67.6 Å². The summed E-state index contributed by atoms with van der Waals surface area (Å²) >= 11 is 6.25. The smallest absolute Gasteiger partial charge is 0.261 e. The maximum Gasteiger partial charge on any atom is 0.261 e. The number of halogens is 1. The summed E-state index contributed by atoms with van der Waals surface area (Å²) in [5.74, 6) is 0.918. The molecular formula is C26H33ClN2O5. The lowest BCUT2D eigenvalue weighted by molar-refractivity contribution is -0.137. The molecule has 0 unspecified atom stereocenters. The molecule has 0 heterocycles. The summed E-state index contributed by atoms with van der Waals surface area (Å²) < 4.78 is 16.7. The van der Waals surface area contributed by atoms with Gasteiger partial charge in [0.2, 0.25) is 0 Å². The third-order valence-electron chi connectivity index (χ3n) is 6.06. The SMILES string of the molecule is COc1cc(CN(C(=O)COc2cc(C)c(Cl)c(C)c2)C2CCCCC2)ccc1OCC(N)=O. The molecule has 1 aliphatic carbocycles. The number of rotatable bonds is 10. The summed E-state index contributed by atoms with van der Waals surface area (Å²) in [5.41, 5.74) is 7.91. The highest BCUT2D eigenvalue weighted by Crippen LogP contribution is 2.31. The van der Waals surface area contributed by atoms with Crippen LogP contribution in [-0.2, 0) is 16.1 Å². The second kappa shape index (κ2) is 12.0. The van der Waals surface area contributed by atoms with Gasteiger partial charge >= 0.3 is 0 Å². The Labute approximate surface area is 206 Å². The van der Waals surface area contributed by atoms with E-state index in [1.807, 2.05) is 43.0 Å². The molecule has 1 fully saturated rings. The van der Waals surface area contributed by atoms with Crippen LogP contribution in [0.5, 0.6) is 17.2 Å². The maximum atomic E-state index is 13.3. The number of carbonyl (C=O) groups is 2. The fourth-order valence-electron chi connectivity index (χ4n) is 4.31. The highest BCUT2D eigenvalue weighted by Gasteiger charge is 2.26. The molecule has 0 saturated heterocycles. The highest BCUT2D eigenvalue weighted by molar-refractivity contribution is 6.32. The molecule has 3 rings (SSSR count). The Morgan fingerprint density at radius 2 is 1.68 bits per heavy atom. The lowest BCUT2D eigenvalue weighted by Crippen LogP contribution is -2.43. The zero-order chi connectivity index (χ0) is 24.7. The minimum absolute atomic E-state index is 0.0477. The Kier molecular flexibility index (Phi) is 9.05. The second-order valence-electron chi connectivity index (χ2n) is 8.71. The topological polar surface area (TPSA) is 91.1 Å². The molecule has 1 saturated carbocycles. The Morgan fingerprint density at radius 1 is 1.00 bits per heavy atom. The minimum Gasteiger partial charge on any atom is -0.493 e. The van der Waals surface area contributed by atoms with Crippen molar-refractivity contribution in [3.05, 3.63) is 52.0 Å². The van der Waals surface area contributed by atoms with Gasteiger partial charge in [0.25, 0.3) is 11.8 Å². The van der Waals surface area contributed by atoms with Crippen LogP contribution in [0.25, 0.3) is 0 Å². The average molecular weight is 489 g/mol. The third kappa shape index (κ3) is 6.79. The van der Waals surface area contributed by atoms with E-state index in [-0.39, 0.29) is 25.2 Å². The predicted octanol–water partition coefficient (Wildman–Crippen LogP) is 4.57. The maximum absolute atomic E-state index is 13.3. The number of aryl methyl sites for hydroxylation is 2. The summed E-state index contributed by atoms with van der Waals surface area (Å²) in [6.07, 6.45) is 5.35. The van der Waals surface area contributed by atoms with Crippen LogP contribution in [0, 0.1) is 13.8 Å². The lowest BCUT2D eigenvalue weighted by Gasteiger charge is -2.34. The molecule has 2 aromatic carbocycles.